The number of aliphatic carboxylic acids is 2. The van der Waals surface area contributed by atoms with Crippen molar-refractivity contribution in [3.63, 3.8) is 0 Å². The van der Waals surface area contributed by atoms with Gasteiger partial charge in [-0.2, -0.15) is 13.2 Å². The second-order valence-electron chi connectivity index (χ2n) is 4.39. The number of carboxylic acid groups (broad SMARTS) is 2. The molecule has 1 rings (SSSR count). The number of alkyl halides is 3. The van der Waals surface area contributed by atoms with Crippen molar-refractivity contribution in [2.24, 2.45) is 5.92 Å². The molecule has 120 valence electrons. The van der Waals surface area contributed by atoms with Crippen LogP contribution in [0.3, 0.4) is 0 Å². The Hall–Kier alpha value is -2.58. The Morgan fingerprint density at radius 1 is 1.14 bits per heavy atom. The molecule has 0 saturated heterocycles. The molecule has 1 aromatic rings. The van der Waals surface area contributed by atoms with Crippen molar-refractivity contribution >= 4 is 17.8 Å². The Kier molecular flexibility index (Phi) is 5.50. The molecule has 3 N–H and O–H groups in total. The van der Waals surface area contributed by atoms with E-state index in [1.165, 1.54) is 6.07 Å². The van der Waals surface area contributed by atoms with Gasteiger partial charge in [-0.05, 0) is 12.1 Å². The zero-order valence-electron chi connectivity index (χ0n) is 11.1. The number of halogens is 3. The summed E-state index contributed by atoms with van der Waals surface area (Å²) in [5.74, 6) is -5.41. The fraction of sp³-hybridized carbons (Fsp3) is 0.308. The molecule has 1 aromatic carbocycles. The maximum Gasteiger partial charge on any atom is 0.417 e. The van der Waals surface area contributed by atoms with E-state index in [2.05, 4.69) is 0 Å². The molecular weight excluding hydrogens is 307 g/mol. The van der Waals surface area contributed by atoms with Gasteiger partial charge in [0.2, 0.25) is 0 Å². The summed E-state index contributed by atoms with van der Waals surface area (Å²) in [6.07, 6.45) is -5.49. The van der Waals surface area contributed by atoms with Crippen molar-refractivity contribution in [1.29, 1.82) is 0 Å². The normalized spacial score (nSPS) is 12.5. The van der Waals surface area contributed by atoms with Crippen molar-refractivity contribution in [2.45, 2.75) is 12.6 Å². The average Bonchev–Trinajstić information content (AvgIpc) is 2.41. The lowest BCUT2D eigenvalue weighted by Gasteiger charge is -2.14. The largest absolute Gasteiger partial charge is 0.481 e. The highest BCUT2D eigenvalue weighted by Crippen LogP contribution is 2.31. The molecule has 0 radical (unpaired) electrons. The molecule has 1 unspecified atom stereocenters. The molecule has 1 amide bonds. The van der Waals surface area contributed by atoms with E-state index < -0.39 is 54.0 Å². The third-order valence-corrected chi connectivity index (χ3v) is 2.76. The predicted octanol–water partition coefficient (Wildman–Crippen LogP) is 1.61. The second-order valence-corrected chi connectivity index (χ2v) is 4.39. The lowest BCUT2D eigenvalue weighted by Crippen LogP contribution is -2.35. The SMILES string of the molecule is O=C(O)CC(CNC(=O)c1ccccc1C(F)(F)F)C(=O)O. The lowest BCUT2D eigenvalue weighted by atomic mass is 10.0. The first-order valence-electron chi connectivity index (χ1n) is 6.02. The van der Waals surface area contributed by atoms with Crippen molar-refractivity contribution in [1.82, 2.24) is 5.32 Å². The fourth-order valence-electron chi connectivity index (χ4n) is 1.70. The Morgan fingerprint density at radius 3 is 2.23 bits per heavy atom. The van der Waals surface area contributed by atoms with E-state index >= 15 is 0 Å². The topological polar surface area (TPSA) is 104 Å². The molecule has 0 bridgehead atoms. The van der Waals surface area contributed by atoms with Gasteiger partial charge in [-0.1, -0.05) is 12.1 Å². The summed E-state index contributed by atoms with van der Waals surface area (Å²) in [7, 11) is 0. The van der Waals surface area contributed by atoms with E-state index in [0.717, 1.165) is 18.2 Å². The predicted molar refractivity (Wildman–Crippen MR) is 67.2 cm³/mol. The first-order valence-corrected chi connectivity index (χ1v) is 6.02. The minimum atomic E-state index is -4.73. The summed E-state index contributed by atoms with van der Waals surface area (Å²) >= 11 is 0. The van der Waals surface area contributed by atoms with Gasteiger partial charge in [0.15, 0.2) is 0 Å². The Balaban J connectivity index is 2.86. The van der Waals surface area contributed by atoms with Crippen LogP contribution in [0.15, 0.2) is 24.3 Å². The molecule has 0 aliphatic carbocycles. The van der Waals surface area contributed by atoms with Crippen molar-refractivity contribution < 1.29 is 37.8 Å². The average molecular weight is 319 g/mol. The van der Waals surface area contributed by atoms with Gasteiger partial charge < -0.3 is 15.5 Å². The standard InChI is InChI=1S/C13H12F3NO5/c14-13(15,16)9-4-2-1-3-8(9)11(20)17-6-7(12(21)22)5-10(18)19/h1-4,7H,5-6H2,(H,17,20)(H,18,19)(H,21,22). The Labute approximate surface area is 122 Å². The number of carbonyl (C=O) groups is 3. The van der Waals surface area contributed by atoms with E-state index in [-0.39, 0.29) is 0 Å². The van der Waals surface area contributed by atoms with E-state index in [1.54, 1.807) is 0 Å². The van der Waals surface area contributed by atoms with E-state index in [9.17, 15) is 27.6 Å². The molecule has 0 fully saturated rings. The summed E-state index contributed by atoms with van der Waals surface area (Å²) in [6, 6.07) is 4.02. The Bertz CT molecular complexity index is 585. The summed E-state index contributed by atoms with van der Waals surface area (Å²) in [5.41, 5.74) is -1.81. The number of nitrogens with one attached hydrogen (secondary N) is 1. The van der Waals surface area contributed by atoms with Crippen molar-refractivity contribution in [3.05, 3.63) is 35.4 Å². The van der Waals surface area contributed by atoms with Gasteiger partial charge in [0.05, 0.1) is 23.5 Å². The van der Waals surface area contributed by atoms with Crippen LogP contribution < -0.4 is 5.32 Å². The Morgan fingerprint density at radius 2 is 1.73 bits per heavy atom. The maximum absolute atomic E-state index is 12.8. The van der Waals surface area contributed by atoms with Crippen LogP contribution in [-0.2, 0) is 15.8 Å². The molecule has 9 heteroatoms. The highest BCUT2D eigenvalue weighted by atomic mass is 19.4. The van der Waals surface area contributed by atoms with E-state index in [0.29, 0.717) is 0 Å². The van der Waals surface area contributed by atoms with Crippen LogP contribution in [0.2, 0.25) is 0 Å². The molecular formula is C13H12F3NO5. The third kappa shape index (κ3) is 4.76. The van der Waals surface area contributed by atoms with Gasteiger partial charge in [0.25, 0.3) is 5.91 Å². The van der Waals surface area contributed by atoms with Crippen molar-refractivity contribution in [3.8, 4) is 0 Å². The zero-order chi connectivity index (χ0) is 16.9. The molecule has 0 aromatic heterocycles. The molecule has 0 saturated carbocycles. The fourth-order valence-corrected chi connectivity index (χ4v) is 1.70. The monoisotopic (exact) mass is 319 g/mol. The zero-order valence-corrected chi connectivity index (χ0v) is 11.1. The van der Waals surface area contributed by atoms with Crippen LogP contribution in [0, 0.1) is 5.92 Å². The minimum Gasteiger partial charge on any atom is -0.481 e. The van der Waals surface area contributed by atoms with Gasteiger partial charge in [-0.3, -0.25) is 14.4 Å². The molecule has 0 aliphatic heterocycles. The molecule has 22 heavy (non-hydrogen) atoms. The molecule has 0 heterocycles. The third-order valence-electron chi connectivity index (χ3n) is 2.76. The number of hydrogen-bond donors (Lipinski definition) is 3. The second kappa shape index (κ2) is 6.92. The van der Waals surface area contributed by atoms with Crippen LogP contribution in [0.5, 0.6) is 0 Å². The van der Waals surface area contributed by atoms with Crippen LogP contribution >= 0.6 is 0 Å². The smallest absolute Gasteiger partial charge is 0.417 e. The molecule has 1 atom stereocenters. The number of carbonyl (C=O) groups excluding carboxylic acids is 1. The van der Waals surface area contributed by atoms with Crippen molar-refractivity contribution in [2.75, 3.05) is 6.54 Å². The number of carboxylic acids is 2. The lowest BCUT2D eigenvalue weighted by molar-refractivity contribution is -0.148. The van der Waals surface area contributed by atoms with Gasteiger partial charge in [-0.15, -0.1) is 0 Å². The summed E-state index contributed by atoms with van der Waals surface area (Å²) < 4.78 is 38.3. The summed E-state index contributed by atoms with van der Waals surface area (Å²) in [6.45, 7) is -0.591. The van der Waals surface area contributed by atoms with Crippen LogP contribution in [0.25, 0.3) is 0 Å². The first-order chi connectivity index (χ1) is 10.1. The number of rotatable bonds is 6. The van der Waals surface area contributed by atoms with Gasteiger partial charge in [0.1, 0.15) is 0 Å². The summed E-state index contributed by atoms with van der Waals surface area (Å²) in [5, 5.41) is 19.4. The summed E-state index contributed by atoms with van der Waals surface area (Å²) in [4.78, 5) is 33.1. The van der Waals surface area contributed by atoms with Gasteiger partial charge in [-0.25, -0.2) is 0 Å². The minimum absolute atomic E-state index is 0.591. The molecule has 0 aliphatic rings. The molecule has 6 nitrogen and oxygen atoms in total. The van der Waals surface area contributed by atoms with E-state index in [4.69, 9.17) is 10.2 Å². The first kappa shape index (κ1) is 17.5. The van der Waals surface area contributed by atoms with Crippen LogP contribution in [0.4, 0.5) is 13.2 Å². The number of hydrogen-bond acceptors (Lipinski definition) is 3. The highest BCUT2D eigenvalue weighted by Gasteiger charge is 2.35. The highest BCUT2D eigenvalue weighted by molar-refractivity contribution is 5.96. The maximum atomic E-state index is 12.8. The quantitative estimate of drug-likeness (QED) is 0.739. The van der Waals surface area contributed by atoms with Gasteiger partial charge >= 0.3 is 18.1 Å². The molecule has 0 spiro atoms. The van der Waals surface area contributed by atoms with Crippen LogP contribution in [0.1, 0.15) is 22.3 Å². The number of amides is 1. The van der Waals surface area contributed by atoms with Gasteiger partial charge in [0, 0.05) is 6.54 Å². The van der Waals surface area contributed by atoms with E-state index in [1.807, 2.05) is 5.32 Å². The number of benzene rings is 1. The van der Waals surface area contributed by atoms with Crippen LogP contribution in [-0.4, -0.2) is 34.6 Å².